The van der Waals surface area contributed by atoms with Crippen LogP contribution in [0.25, 0.3) is 0 Å². The van der Waals surface area contributed by atoms with Crippen molar-refractivity contribution in [3.05, 3.63) is 89.5 Å². The molecule has 3 heterocycles. The monoisotopic (exact) mass is 932 g/mol. The fraction of sp³-hybridized carbons (Fsp3) is 0.511. The summed E-state index contributed by atoms with van der Waals surface area (Å²) in [6.07, 6.45) is 6.28. The predicted molar refractivity (Wildman–Crippen MR) is 252 cm³/mol. The number of piperidine rings is 1. The van der Waals surface area contributed by atoms with Gasteiger partial charge in [0.2, 0.25) is 17.7 Å². The van der Waals surface area contributed by atoms with Gasteiger partial charge in [0.25, 0.3) is 0 Å². The zero-order chi connectivity index (χ0) is 46.5. The summed E-state index contributed by atoms with van der Waals surface area (Å²) in [6, 6.07) is 15.7. The molecule has 1 aromatic heterocycles. The highest BCUT2D eigenvalue weighted by atomic mass is 33.1. The normalized spacial score (nSPS) is 19.3. The molecule has 3 atom stereocenters. The molecule has 5 amide bonds. The van der Waals surface area contributed by atoms with Gasteiger partial charge in [0.1, 0.15) is 11.6 Å². The molecule has 3 aliphatic rings. The molecule has 0 spiro atoms. The van der Waals surface area contributed by atoms with Crippen LogP contribution >= 0.6 is 21.6 Å². The summed E-state index contributed by atoms with van der Waals surface area (Å²) in [5.41, 5.74) is 5.86. The van der Waals surface area contributed by atoms with Crippen molar-refractivity contribution in [3.63, 3.8) is 0 Å². The molecule has 3 unspecified atom stereocenters. The Kier molecular flexibility index (Phi) is 17.7. The molecule has 2 aromatic carbocycles. The first kappa shape index (κ1) is 49.2. The SMILES string of the molecule is C/C(=N\NC(=O)CC(C)(C)SSCCC(=O)N1CCN(C2CCN(C(=O)NCc3ccc(NC(=O)C4C(C)C4c4cccnc4)cc3F)CC2)CC1)c1ccc(OCCCC(=O)O)cc1. The Morgan fingerprint density at radius 2 is 1.71 bits per heavy atom. The van der Waals surface area contributed by atoms with Crippen molar-refractivity contribution >= 4 is 62.7 Å². The van der Waals surface area contributed by atoms with Crippen LogP contribution in [0.2, 0.25) is 0 Å². The Hall–Kier alpha value is -5.20. The number of piperazine rings is 1. The van der Waals surface area contributed by atoms with Crippen molar-refractivity contribution in [3.8, 4) is 5.75 Å². The highest BCUT2D eigenvalue weighted by molar-refractivity contribution is 8.77. The number of carbonyl (C=O) groups is 5. The van der Waals surface area contributed by atoms with Crippen LogP contribution in [-0.2, 0) is 25.7 Å². The first-order valence-corrected chi connectivity index (χ1v) is 24.6. The van der Waals surface area contributed by atoms with E-state index in [9.17, 15) is 24.0 Å². The average molecular weight is 933 g/mol. The number of carbonyl (C=O) groups excluding carboxylic acids is 4. The zero-order valence-corrected chi connectivity index (χ0v) is 39.2. The number of halogens is 1. The minimum atomic E-state index is -0.853. The van der Waals surface area contributed by atoms with Crippen LogP contribution in [0.15, 0.2) is 72.1 Å². The van der Waals surface area contributed by atoms with Crippen LogP contribution in [0.3, 0.4) is 0 Å². The van der Waals surface area contributed by atoms with E-state index >= 15 is 4.39 Å². The molecule has 3 fully saturated rings. The fourth-order valence-corrected chi connectivity index (χ4v) is 10.8. The molecule has 350 valence electrons. The maximum absolute atomic E-state index is 15.1. The number of rotatable bonds is 20. The molecule has 0 bridgehead atoms. The lowest BCUT2D eigenvalue weighted by Gasteiger charge is -2.42. The first-order chi connectivity index (χ1) is 31.2. The van der Waals surface area contributed by atoms with E-state index < -0.39 is 11.8 Å². The quantitative estimate of drug-likeness (QED) is 0.0407. The number of hydrazone groups is 1. The highest BCUT2D eigenvalue weighted by Crippen LogP contribution is 2.54. The van der Waals surface area contributed by atoms with Crippen LogP contribution < -0.4 is 20.8 Å². The van der Waals surface area contributed by atoms with Crippen LogP contribution in [0.5, 0.6) is 5.75 Å². The highest BCUT2D eigenvalue weighted by Gasteiger charge is 2.52. The third kappa shape index (κ3) is 14.6. The molecule has 6 rings (SSSR count). The lowest BCUT2D eigenvalue weighted by Crippen LogP contribution is -2.55. The fourth-order valence-electron chi connectivity index (χ4n) is 8.36. The smallest absolute Gasteiger partial charge is 0.317 e. The van der Waals surface area contributed by atoms with Crippen molar-refractivity contribution in [2.45, 2.75) is 89.5 Å². The number of hydrogen-bond acceptors (Lipinski definition) is 11. The summed E-state index contributed by atoms with van der Waals surface area (Å²) >= 11 is 0. The molecule has 1 aliphatic carbocycles. The van der Waals surface area contributed by atoms with Crippen molar-refractivity contribution in [1.82, 2.24) is 30.4 Å². The number of benzene rings is 2. The van der Waals surface area contributed by atoms with Gasteiger partial charge in [-0.05, 0) is 99.5 Å². The third-order valence-corrected chi connectivity index (χ3v) is 15.4. The average Bonchev–Trinajstić information content (AvgIpc) is 3.98. The summed E-state index contributed by atoms with van der Waals surface area (Å²) in [7, 11) is 3.17. The van der Waals surface area contributed by atoms with Gasteiger partial charge in [-0.15, -0.1) is 0 Å². The van der Waals surface area contributed by atoms with E-state index in [1.54, 1.807) is 70.1 Å². The molecule has 3 aromatic rings. The van der Waals surface area contributed by atoms with Gasteiger partial charge in [-0.2, -0.15) is 5.10 Å². The summed E-state index contributed by atoms with van der Waals surface area (Å²) in [5, 5.41) is 18.7. The number of anilines is 1. The number of amides is 5. The van der Waals surface area contributed by atoms with Crippen molar-refractivity contribution in [2.75, 3.05) is 56.9 Å². The maximum Gasteiger partial charge on any atom is 0.317 e. The maximum atomic E-state index is 15.1. The number of aromatic nitrogens is 1. The van der Waals surface area contributed by atoms with Crippen molar-refractivity contribution in [1.29, 1.82) is 0 Å². The molecule has 1 saturated carbocycles. The molecule has 2 saturated heterocycles. The number of carboxylic acid groups (broad SMARTS) is 1. The third-order valence-electron chi connectivity index (χ3n) is 12.1. The summed E-state index contributed by atoms with van der Waals surface area (Å²) < 4.78 is 20.3. The van der Waals surface area contributed by atoms with Crippen LogP contribution in [-0.4, -0.2) is 123 Å². The number of urea groups is 1. The number of pyridine rings is 1. The van der Waals surface area contributed by atoms with Gasteiger partial charge in [0, 0.05) is 117 Å². The first-order valence-electron chi connectivity index (χ1n) is 22.3. The molecule has 18 heteroatoms. The van der Waals surface area contributed by atoms with Gasteiger partial charge in [0.15, 0.2) is 0 Å². The molecular weight excluding hydrogens is 872 g/mol. The lowest BCUT2D eigenvalue weighted by molar-refractivity contribution is -0.137. The van der Waals surface area contributed by atoms with Crippen LogP contribution in [0, 0.1) is 17.7 Å². The van der Waals surface area contributed by atoms with E-state index in [1.807, 2.05) is 49.9 Å². The van der Waals surface area contributed by atoms with E-state index in [-0.39, 0.29) is 65.6 Å². The Balaban J connectivity index is 0.814. The van der Waals surface area contributed by atoms with Crippen LogP contribution in [0.4, 0.5) is 14.9 Å². The van der Waals surface area contributed by atoms with E-state index in [2.05, 4.69) is 31.0 Å². The van der Waals surface area contributed by atoms with Gasteiger partial charge in [-0.1, -0.05) is 40.6 Å². The van der Waals surface area contributed by atoms with E-state index in [0.29, 0.717) is 80.1 Å². The number of likely N-dealkylation sites (tertiary alicyclic amines) is 1. The lowest BCUT2D eigenvalue weighted by atomic mass is 10.0. The summed E-state index contributed by atoms with van der Waals surface area (Å²) in [6.45, 7) is 12.2. The van der Waals surface area contributed by atoms with Gasteiger partial charge in [-0.3, -0.25) is 29.1 Å². The molecule has 0 radical (unpaired) electrons. The summed E-state index contributed by atoms with van der Waals surface area (Å²) in [5.74, 6) is -0.221. The van der Waals surface area contributed by atoms with E-state index in [0.717, 1.165) is 37.1 Å². The Morgan fingerprint density at radius 1 is 0.969 bits per heavy atom. The van der Waals surface area contributed by atoms with E-state index in [1.165, 1.54) is 6.07 Å². The Bertz CT molecular complexity index is 2150. The Morgan fingerprint density at radius 3 is 2.38 bits per heavy atom. The molecule has 65 heavy (non-hydrogen) atoms. The zero-order valence-electron chi connectivity index (χ0n) is 37.6. The van der Waals surface area contributed by atoms with Crippen molar-refractivity contribution < 1.29 is 38.2 Å². The van der Waals surface area contributed by atoms with Gasteiger partial charge >= 0.3 is 12.0 Å². The molecule has 4 N–H and O–H groups in total. The van der Waals surface area contributed by atoms with E-state index in [4.69, 9.17) is 9.84 Å². The van der Waals surface area contributed by atoms with Gasteiger partial charge in [0.05, 0.1) is 12.3 Å². The van der Waals surface area contributed by atoms with Crippen LogP contribution in [0.1, 0.15) is 88.8 Å². The largest absolute Gasteiger partial charge is 0.494 e. The van der Waals surface area contributed by atoms with Gasteiger partial charge in [-0.25, -0.2) is 14.6 Å². The molecule has 2 aliphatic heterocycles. The number of nitrogens with one attached hydrogen (secondary N) is 3. The number of hydrogen-bond donors (Lipinski definition) is 4. The minimum absolute atomic E-state index is 0.0379. The second-order valence-electron chi connectivity index (χ2n) is 17.5. The summed E-state index contributed by atoms with van der Waals surface area (Å²) in [4.78, 5) is 72.7. The second kappa shape index (κ2) is 23.3. The number of aliphatic carboxylic acids is 1. The number of carboxylic acids is 1. The second-order valence-corrected chi connectivity index (χ2v) is 20.6. The topological polar surface area (TPSA) is 186 Å². The minimum Gasteiger partial charge on any atom is -0.494 e. The van der Waals surface area contributed by atoms with Crippen molar-refractivity contribution in [2.24, 2.45) is 16.9 Å². The predicted octanol–water partition coefficient (Wildman–Crippen LogP) is 6.75. The number of nitrogens with zero attached hydrogens (tertiary/aromatic N) is 5. The standard InChI is InChI=1S/C47H61FN8O7S2/c1-31-43(35-7-5-18-49-29-35)44(31)45(61)51-36-12-9-34(39(48)27-36)30-50-46(62)56-19-15-37(16-20-56)54-21-23-55(24-22-54)41(58)17-26-64-65-47(3,4)28-40(57)53-52-32(2)33-10-13-38(14-11-33)63-25-6-8-42(59)60/h5,7,9-14,18,27,29,31,37,43-44H,6,8,15-17,19-26,28,30H2,1-4H3,(H,50,62)(H,51,61)(H,53,57)(H,59,60)/b52-32+. The Labute approximate surface area is 388 Å². The molecular formula is C47H61FN8O7S2. The number of ether oxygens (including phenoxy) is 1. The van der Waals surface area contributed by atoms with Gasteiger partial charge < -0.3 is 30.3 Å². The molecule has 15 nitrogen and oxygen atoms in total.